The number of hydrogen-bond donors (Lipinski definition) is 4. The number of anilines is 1. The van der Waals surface area contributed by atoms with Crippen molar-refractivity contribution in [3.63, 3.8) is 0 Å². The van der Waals surface area contributed by atoms with Gasteiger partial charge in [-0.2, -0.15) is 0 Å². The standard InChI is InChI=1S/C24H30N4O4S/c29-19-14-17(23(31)25-8-9-28-10-12-32-13-11-28)22-20(21(19)30)27-24(33-22)26-18-7-3-5-15-4-1-2-6-16(15)18/h1-7,17,19-22,29-30H,8-14H2,(H,25,31)(H,26,27)/t17-,19+,20+,21-,22+/m0/s1. The van der Waals surface area contributed by atoms with Crippen LogP contribution in [0.25, 0.3) is 10.8 Å². The molecule has 1 saturated carbocycles. The Morgan fingerprint density at radius 2 is 1.94 bits per heavy atom. The third-order valence-corrected chi connectivity index (χ3v) is 8.00. The molecule has 2 aromatic carbocycles. The van der Waals surface area contributed by atoms with Crippen molar-refractivity contribution in [3.05, 3.63) is 42.5 Å². The van der Waals surface area contributed by atoms with Crippen LogP contribution in [-0.2, 0) is 9.53 Å². The van der Waals surface area contributed by atoms with Gasteiger partial charge in [0.25, 0.3) is 0 Å². The smallest absolute Gasteiger partial charge is 0.224 e. The molecule has 0 aromatic heterocycles. The van der Waals surface area contributed by atoms with Gasteiger partial charge in [-0.1, -0.05) is 48.2 Å². The lowest BCUT2D eigenvalue weighted by Crippen LogP contribution is -2.54. The Balaban J connectivity index is 1.25. The molecule has 0 unspecified atom stereocenters. The predicted octanol–water partition coefficient (Wildman–Crippen LogP) is 1.28. The SMILES string of the molecule is O=C(NCCN1CCOCC1)[C@H]1C[C@@H](O)[C@H](O)[C@H]2N=C(Nc3cccc4ccccc34)S[C@@H]21. The topological polar surface area (TPSA) is 106 Å². The average molecular weight is 471 g/mol. The zero-order chi connectivity index (χ0) is 22.8. The van der Waals surface area contributed by atoms with Crippen molar-refractivity contribution in [2.75, 3.05) is 44.7 Å². The molecule has 0 radical (unpaired) electrons. The molecular weight excluding hydrogens is 440 g/mol. The number of nitrogens with zero attached hydrogens (tertiary/aromatic N) is 2. The van der Waals surface area contributed by atoms with Gasteiger partial charge < -0.3 is 25.6 Å². The van der Waals surface area contributed by atoms with Crippen LogP contribution in [0, 0.1) is 5.92 Å². The second kappa shape index (κ2) is 9.99. The van der Waals surface area contributed by atoms with E-state index in [2.05, 4.69) is 32.7 Å². The van der Waals surface area contributed by atoms with Gasteiger partial charge >= 0.3 is 0 Å². The number of aliphatic hydroxyl groups excluding tert-OH is 2. The monoisotopic (exact) mass is 470 g/mol. The number of nitrogens with one attached hydrogen (secondary N) is 2. The molecule has 0 bridgehead atoms. The van der Waals surface area contributed by atoms with Crippen LogP contribution in [0.1, 0.15) is 6.42 Å². The third-order valence-electron chi connectivity index (χ3n) is 6.69. The molecule has 176 valence electrons. The highest BCUT2D eigenvalue weighted by molar-refractivity contribution is 8.15. The number of carbonyl (C=O) groups is 1. The van der Waals surface area contributed by atoms with E-state index in [0.29, 0.717) is 11.7 Å². The summed E-state index contributed by atoms with van der Waals surface area (Å²) in [5.41, 5.74) is 0.930. The van der Waals surface area contributed by atoms with Gasteiger partial charge in [-0.3, -0.25) is 14.7 Å². The molecule has 5 rings (SSSR count). The van der Waals surface area contributed by atoms with E-state index in [-0.39, 0.29) is 17.6 Å². The van der Waals surface area contributed by atoms with Gasteiger partial charge in [-0.25, -0.2) is 0 Å². The highest BCUT2D eigenvalue weighted by atomic mass is 32.2. The van der Waals surface area contributed by atoms with Crippen molar-refractivity contribution in [2.24, 2.45) is 10.9 Å². The van der Waals surface area contributed by atoms with E-state index in [1.54, 1.807) is 0 Å². The molecule has 1 amide bonds. The zero-order valence-corrected chi connectivity index (χ0v) is 19.2. The number of thioether (sulfide) groups is 1. The van der Waals surface area contributed by atoms with Crippen LogP contribution >= 0.6 is 11.8 Å². The lowest BCUT2D eigenvalue weighted by molar-refractivity contribution is -0.129. The first kappa shape index (κ1) is 22.6. The summed E-state index contributed by atoms with van der Waals surface area (Å²) < 4.78 is 5.37. The second-order valence-corrected chi connectivity index (χ2v) is 9.97. The van der Waals surface area contributed by atoms with Gasteiger partial charge in [0, 0.05) is 42.5 Å². The molecule has 1 aliphatic carbocycles. The number of carbonyl (C=O) groups excluding carboxylic acids is 1. The summed E-state index contributed by atoms with van der Waals surface area (Å²) in [5, 5.41) is 30.1. The minimum absolute atomic E-state index is 0.0849. The molecule has 2 fully saturated rings. The summed E-state index contributed by atoms with van der Waals surface area (Å²) in [7, 11) is 0. The first-order valence-electron chi connectivity index (χ1n) is 11.5. The Kier molecular flexibility index (Phi) is 6.84. The van der Waals surface area contributed by atoms with Crippen LogP contribution in [0.3, 0.4) is 0 Å². The van der Waals surface area contributed by atoms with Crippen molar-refractivity contribution in [1.29, 1.82) is 0 Å². The van der Waals surface area contributed by atoms with Gasteiger partial charge in [0.1, 0.15) is 6.10 Å². The summed E-state index contributed by atoms with van der Waals surface area (Å²) >= 11 is 1.48. The van der Waals surface area contributed by atoms with Crippen LogP contribution in [-0.4, -0.2) is 89.1 Å². The second-order valence-electron chi connectivity index (χ2n) is 8.80. The number of hydrogen-bond acceptors (Lipinski definition) is 8. The van der Waals surface area contributed by atoms with Gasteiger partial charge in [0.05, 0.1) is 31.3 Å². The lowest BCUT2D eigenvalue weighted by Gasteiger charge is -2.37. The Hall–Kier alpha value is -2.17. The number of rotatable bonds is 5. The fraction of sp³-hybridized carbons (Fsp3) is 0.500. The summed E-state index contributed by atoms with van der Waals surface area (Å²) in [6, 6.07) is 13.6. The Bertz CT molecular complexity index is 1020. The molecule has 3 aliphatic rings. The quantitative estimate of drug-likeness (QED) is 0.522. The van der Waals surface area contributed by atoms with E-state index < -0.39 is 24.2 Å². The molecule has 4 N–H and O–H groups in total. The van der Waals surface area contributed by atoms with Crippen LogP contribution in [0.15, 0.2) is 47.5 Å². The van der Waals surface area contributed by atoms with E-state index in [0.717, 1.165) is 49.3 Å². The number of amides is 1. The Morgan fingerprint density at radius 1 is 1.15 bits per heavy atom. The number of fused-ring (bicyclic) bond motifs is 2. The van der Waals surface area contributed by atoms with Crippen LogP contribution in [0.5, 0.6) is 0 Å². The first-order chi connectivity index (χ1) is 16.1. The number of ether oxygens (including phenoxy) is 1. The van der Waals surface area contributed by atoms with Crippen molar-refractivity contribution < 1.29 is 19.7 Å². The molecule has 33 heavy (non-hydrogen) atoms. The molecule has 1 saturated heterocycles. The van der Waals surface area contributed by atoms with E-state index in [9.17, 15) is 15.0 Å². The molecule has 0 spiro atoms. The maximum absolute atomic E-state index is 13.0. The first-order valence-corrected chi connectivity index (χ1v) is 12.4. The van der Waals surface area contributed by atoms with Crippen LogP contribution < -0.4 is 10.6 Å². The molecule has 8 nitrogen and oxygen atoms in total. The van der Waals surface area contributed by atoms with E-state index in [4.69, 9.17) is 4.74 Å². The lowest BCUT2D eigenvalue weighted by atomic mass is 9.81. The van der Waals surface area contributed by atoms with Gasteiger partial charge in [-0.15, -0.1) is 0 Å². The minimum Gasteiger partial charge on any atom is -0.390 e. The number of aliphatic hydroxyl groups is 2. The molecule has 9 heteroatoms. The summed E-state index contributed by atoms with van der Waals surface area (Å²) in [4.78, 5) is 20.0. The molecule has 2 aromatic rings. The molecule has 2 heterocycles. The third kappa shape index (κ3) is 4.88. The summed E-state index contributed by atoms with van der Waals surface area (Å²) in [5.74, 6) is -0.503. The zero-order valence-electron chi connectivity index (χ0n) is 18.4. The minimum atomic E-state index is -0.980. The van der Waals surface area contributed by atoms with Gasteiger partial charge in [0.2, 0.25) is 5.91 Å². The molecule has 2 aliphatic heterocycles. The van der Waals surface area contributed by atoms with Crippen LogP contribution in [0.4, 0.5) is 5.69 Å². The number of morpholine rings is 1. The fourth-order valence-electron chi connectivity index (χ4n) is 4.85. The van der Waals surface area contributed by atoms with Crippen LogP contribution in [0.2, 0.25) is 0 Å². The van der Waals surface area contributed by atoms with Crippen molar-refractivity contribution in [3.8, 4) is 0 Å². The number of aliphatic imine (C=N–C) groups is 1. The largest absolute Gasteiger partial charge is 0.390 e. The summed E-state index contributed by atoms with van der Waals surface area (Å²) in [6.45, 7) is 4.54. The average Bonchev–Trinajstić information content (AvgIpc) is 3.26. The highest BCUT2D eigenvalue weighted by Gasteiger charge is 2.50. The van der Waals surface area contributed by atoms with E-state index >= 15 is 0 Å². The number of benzene rings is 2. The van der Waals surface area contributed by atoms with Crippen molar-refractivity contribution in [1.82, 2.24) is 10.2 Å². The maximum atomic E-state index is 13.0. The van der Waals surface area contributed by atoms with E-state index in [1.807, 2.05) is 30.3 Å². The predicted molar refractivity (Wildman–Crippen MR) is 131 cm³/mol. The Morgan fingerprint density at radius 3 is 2.79 bits per heavy atom. The van der Waals surface area contributed by atoms with Gasteiger partial charge in [0.15, 0.2) is 5.17 Å². The summed E-state index contributed by atoms with van der Waals surface area (Å²) in [6.07, 6.45) is -1.72. The maximum Gasteiger partial charge on any atom is 0.224 e. The van der Waals surface area contributed by atoms with Gasteiger partial charge in [-0.05, 0) is 17.9 Å². The van der Waals surface area contributed by atoms with Crippen molar-refractivity contribution in [2.45, 2.75) is 29.9 Å². The molecular formula is C24H30N4O4S. The normalized spacial score (nSPS) is 30.0. The van der Waals surface area contributed by atoms with Crippen molar-refractivity contribution >= 4 is 39.3 Å². The van der Waals surface area contributed by atoms with E-state index in [1.165, 1.54) is 11.8 Å². The fourth-order valence-corrected chi connectivity index (χ4v) is 6.22. The number of amidine groups is 1. The molecule has 5 atom stereocenters. The Labute approximate surface area is 197 Å². The highest BCUT2D eigenvalue weighted by Crippen LogP contribution is 2.41.